The molecule has 0 spiro atoms. The first-order chi connectivity index (χ1) is 9.63. The number of nitrogens with zero attached hydrogens (tertiary/aromatic N) is 1. The summed E-state index contributed by atoms with van der Waals surface area (Å²) in [7, 11) is 0. The van der Waals surface area contributed by atoms with E-state index in [1.807, 2.05) is 30.3 Å². The second kappa shape index (κ2) is 5.19. The maximum Gasteiger partial charge on any atom is 0.356 e. The Bertz CT molecular complexity index is 768. The quantitative estimate of drug-likeness (QED) is 0.765. The Kier molecular flexibility index (Phi) is 3.38. The van der Waals surface area contributed by atoms with E-state index in [-0.39, 0.29) is 10.7 Å². The van der Waals surface area contributed by atoms with Gasteiger partial charge in [0.1, 0.15) is 5.03 Å². The fraction of sp³-hybridized carbons (Fsp3) is 0. The molecule has 0 radical (unpaired) electrons. The van der Waals surface area contributed by atoms with Gasteiger partial charge in [0.15, 0.2) is 5.69 Å². The highest BCUT2D eigenvalue weighted by atomic mass is 35.5. The topological polar surface area (TPSA) is 66.0 Å². The van der Waals surface area contributed by atoms with Crippen LogP contribution in [0.2, 0.25) is 5.02 Å². The molecule has 0 atom stereocenters. The van der Waals surface area contributed by atoms with Crippen molar-refractivity contribution in [1.82, 2.24) is 9.97 Å². The summed E-state index contributed by atoms with van der Waals surface area (Å²) < 4.78 is 0. The summed E-state index contributed by atoms with van der Waals surface area (Å²) in [5, 5.41) is 11.7. The van der Waals surface area contributed by atoms with Crippen molar-refractivity contribution in [2.75, 3.05) is 0 Å². The molecule has 0 saturated heterocycles. The number of aromatic amines is 1. The molecule has 1 aromatic carbocycles. The predicted octanol–water partition coefficient (Wildman–Crippen LogP) is 4.07. The first-order valence-corrected chi connectivity index (χ1v) is 6.98. The minimum absolute atomic E-state index is 0.132. The number of fused-ring (bicyclic) bond motifs is 1. The molecule has 2 aromatic heterocycles. The second-order valence-corrected chi connectivity index (χ2v) is 5.58. The van der Waals surface area contributed by atoms with Crippen LogP contribution < -0.4 is 0 Å². The molecule has 0 amide bonds. The number of aromatic carboxylic acids is 1. The van der Waals surface area contributed by atoms with E-state index in [0.29, 0.717) is 5.03 Å². The molecular weight excluding hydrogens is 296 g/mol. The minimum Gasteiger partial charge on any atom is -0.476 e. The van der Waals surface area contributed by atoms with Crippen LogP contribution in [-0.4, -0.2) is 21.0 Å². The van der Waals surface area contributed by atoms with Gasteiger partial charge in [0, 0.05) is 10.9 Å². The van der Waals surface area contributed by atoms with Crippen LogP contribution in [0.4, 0.5) is 0 Å². The normalized spacial score (nSPS) is 10.8. The number of carboxylic acid groups (broad SMARTS) is 1. The average molecular weight is 305 g/mol. The number of carboxylic acids is 1. The first kappa shape index (κ1) is 13.0. The average Bonchev–Trinajstić information content (AvgIpc) is 2.82. The van der Waals surface area contributed by atoms with Crippen molar-refractivity contribution >= 4 is 40.2 Å². The van der Waals surface area contributed by atoms with Crippen molar-refractivity contribution in [2.45, 2.75) is 10.1 Å². The summed E-state index contributed by atoms with van der Waals surface area (Å²) in [6.07, 6.45) is 0. The third-order valence-corrected chi connectivity index (χ3v) is 3.92. The lowest BCUT2D eigenvalue weighted by molar-refractivity contribution is 0.0690. The van der Waals surface area contributed by atoms with Gasteiger partial charge in [-0.05, 0) is 24.3 Å². The highest BCUT2D eigenvalue weighted by Gasteiger charge is 2.12. The first-order valence-electron chi connectivity index (χ1n) is 5.79. The van der Waals surface area contributed by atoms with Crippen molar-refractivity contribution in [3.8, 4) is 0 Å². The fourth-order valence-corrected chi connectivity index (χ4v) is 2.88. The van der Waals surface area contributed by atoms with Crippen LogP contribution in [0.15, 0.2) is 52.5 Å². The van der Waals surface area contributed by atoms with E-state index in [4.69, 9.17) is 16.7 Å². The van der Waals surface area contributed by atoms with Crippen LogP contribution in [0.5, 0.6) is 0 Å². The van der Waals surface area contributed by atoms with Crippen LogP contribution in [0.1, 0.15) is 10.5 Å². The van der Waals surface area contributed by atoms with Gasteiger partial charge in [0.25, 0.3) is 0 Å². The smallest absolute Gasteiger partial charge is 0.356 e. The minimum atomic E-state index is -1.13. The Balaban J connectivity index is 1.94. The summed E-state index contributed by atoms with van der Waals surface area (Å²) in [6.45, 7) is 0. The molecular formula is C14H9ClN2O2S. The fourth-order valence-electron chi connectivity index (χ4n) is 1.85. The summed E-state index contributed by atoms with van der Waals surface area (Å²) >= 11 is 7.16. The molecule has 2 N–H and O–H groups in total. The largest absolute Gasteiger partial charge is 0.476 e. The third kappa shape index (κ3) is 2.50. The zero-order valence-electron chi connectivity index (χ0n) is 10.1. The molecule has 20 heavy (non-hydrogen) atoms. The number of hydrogen-bond acceptors (Lipinski definition) is 3. The lowest BCUT2D eigenvalue weighted by Crippen LogP contribution is -2.01. The molecule has 3 aromatic rings. The van der Waals surface area contributed by atoms with Crippen molar-refractivity contribution < 1.29 is 9.90 Å². The van der Waals surface area contributed by atoms with Gasteiger partial charge in [-0.25, -0.2) is 9.78 Å². The van der Waals surface area contributed by atoms with Crippen molar-refractivity contribution in [2.24, 2.45) is 0 Å². The van der Waals surface area contributed by atoms with Gasteiger partial charge in [-0.2, -0.15) is 0 Å². The van der Waals surface area contributed by atoms with E-state index < -0.39 is 5.97 Å². The maximum absolute atomic E-state index is 11.0. The second-order valence-electron chi connectivity index (χ2n) is 4.11. The molecule has 100 valence electrons. The number of halogens is 1. The van der Waals surface area contributed by atoms with Crippen LogP contribution in [0.3, 0.4) is 0 Å². The zero-order valence-corrected chi connectivity index (χ0v) is 11.7. The number of rotatable bonds is 3. The van der Waals surface area contributed by atoms with Crippen LogP contribution in [0.25, 0.3) is 10.9 Å². The molecule has 0 bridgehead atoms. The molecule has 0 aliphatic heterocycles. The van der Waals surface area contributed by atoms with Crippen molar-refractivity contribution in [3.63, 3.8) is 0 Å². The monoisotopic (exact) mass is 304 g/mol. The number of pyridine rings is 1. The van der Waals surface area contributed by atoms with E-state index in [0.717, 1.165) is 15.9 Å². The van der Waals surface area contributed by atoms with Gasteiger partial charge in [-0.15, -0.1) is 0 Å². The Hall–Kier alpha value is -1.98. The SMILES string of the molecule is O=C(O)c1nc(Sc2cc3ccccc3[nH]2)ccc1Cl. The van der Waals surface area contributed by atoms with Crippen LogP contribution in [0, 0.1) is 0 Å². The number of para-hydroxylation sites is 1. The summed E-state index contributed by atoms with van der Waals surface area (Å²) in [5.74, 6) is -1.13. The summed E-state index contributed by atoms with van der Waals surface area (Å²) in [5.41, 5.74) is 0.898. The van der Waals surface area contributed by atoms with Gasteiger partial charge < -0.3 is 10.1 Å². The number of nitrogens with one attached hydrogen (secondary N) is 1. The Morgan fingerprint density at radius 3 is 2.80 bits per heavy atom. The molecule has 0 aliphatic rings. The molecule has 6 heteroatoms. The van der Waals surface area contributed by atoms with Crippen molar-refractivity contribution in [1.29, 1.82) is 0 Å². The van der Waals surface area contributed by atoms with E-state index in [9.17, 15) is 4.79 Å². The lowest BCUT2D eigenvalue weighted by Gasteiger charge is -2.01. The Morgan fingerprint density at radius 2 is 2.05 bits per heavy atom. The summed E-state index contributed by atoms with van der Waals surface area (Å²) in [6, 6.07) is 13.2. The van der Waals surface area contributed by atoms with Crippen molar-refractivity contribution in [3.05, 3.63) is 53.2 Å². The molecule has 4 nitrogen and oxygen atoms in total. The van der Waals surface area contributed by atoms with Crippen LogP contribution >= 0.6 is 23.4 Å². The number of H-pyrrole nitrogens is 1. The molecule has 0 aliphatic carbocycles. The number of aromatic nitrogens is 2. The molecule has 0 unspecified atom stereocenters. The lowest BCUT2D eigenvalue weighted by atomic mass is 10.3. The molecule has 3 rings (SSSR count). The number of benzene rings is 1. The van der Waals surface area contributed by atoms with E-state index in [1.165, 1.54) is 11.8 Å². The van der Waals surface area contributed by atoms with Crippen LogP contribution in [-0.2, 0) is 0 Å². The highest BCUT2D eigenvalue weighted by molar-refractivity contribution is 7.99. The van der Waals surface area contributed by atoms with Gasteiger partial charge in [-0.3, -0.25) is 0 Å². The molecule has 0 saturated carbocycles. The molecule has 0 fully saturated rings. The molecule has 2 heterocycles. The van der Waals surface area contributed by atoms with E-state index in [1.54, 1.807) is 12.1 Å². The van der Waals surface area contributed by atoms with Gasteiger partial charge in [-0.1, -0.05) is 41.6 Å². The van der Waals surface area contributed by atoms with Gasteiger partial charge in [0.2, 0.25) is 0 Å². The Labute approximate surface area is 123 Å². The van der Waals surface area contributed by atoms with E-state index >= 15 is 0 Å². The van der Waals surface area contributed by atoms with Gasteiger partial charge >= 0.3 is 5.97 Å². The third-order valence-electron chi connectivity index (χ3n) is 2.74. The van der Waals surface area contributed by atoms with Gasteiger partial charge in [0.05, 0.1) is 10.0 Å². The highest BCUT2D eigenvalue weighted by Crippen LogP contribution is 2.29. The summed E-state index contributed by atoms with van der Waals surface area (Å²) in [4.78, 5) is 18.3. The number of carbonyl (C=O) groups is 1. The maximum atomic E-state index is 11.0. The zero-order chi connectivity index (χ0) is 14.1. The predicted molar refractivity (Wildman–Crippen MR) is 78.6 cm³/mol. The van der Waals surface area contributed by atoms with E-state index in [2.05, 4.69) is 9.97 Å². The Morgan fingerprint density at radius 1 is 1.25 bits per heavy atom. The standard InChI is InChI=1S/C14H9ClN2O2S/c15-9-5-6-11(17-13(9)14(18)19)20-12-7-8-3-1-2-4-10(8)16-12/h1-7,16H,(H,18,19). The number of hydrogen-bond donors (Lipinski definition) is 2.